The van der Waals surface area contributed by atoms with Crippen molar-refractivity contribution in [1.82, 2.24) is 4.98 Å². The Morgan fingerprint density at radius 1 is 1.50 bits per heavy atom. The van der Waals surface area contributed by atoms with E-state index >= 15 is 0 Å². The van der Waals surface area contributed by atoms with Crippen LogP contribution in [0.5, 0.6) is 0 Å². The van der Waals surface area contributed by atoms with E-state index in [-0.39, 0.29) is 5.56 Å². The van der Waals surface area contributed by atoms with Crippen molar-refractivity contribution < 1.29 is 0 Å². The first kappa shape index (κ1) is 7.59. The summed E-state index contributed by atoms with van der Waals surface area (Å²) in [6, 6.07) is 3.58. The molecule has 1 aliphatic carbocycles. The molecule has 1 heterocycles. The molecule has 64 valence electrons. The van der Waals surface area contributed by atoms with Gasteiger partial charge in [-0.25, -0.2) is 0 Å². The Morgan fingerprint density at radius 3 is 3.17 bits per heavy atom. The van der Waals surface area contributed by atoms with Crippen LogP contribution in [-0.4, -0.2) is 4.98 Å². The van der Waals surface area contributed by atoms with E-state index in [9.17, 15) is 4.79 Å². The minimum atomic E-state index is 0.0308. The highest BCUT2D eigenvalue weighted by Crippen LogP contribution is 2.21. The first-order valence-corrected chi connectivity index (χ1v) is 4.47. The molecule has 1 N–H and O–H groups in total. The van der Waals surface area contributed by atoms with Crippen molar-refractivity contribution in [2.45, 2.75) is 26.2 Å². The smallest absolute Gasteiger partial charge is 0.248 e. The summed E-state index contributed by atoms with van der Waals surface area (Å²) >= 11 is 0. The number of aryl methyl sites for hydroxylation is 1. The summed E-state index contributed by atoms with van der Waals surface area (Å²) in [6.45, 7) is 2.26. The largest absolute Gasteiger partial charge is 0.326 e. The van der Waals surface area contributed by atoms with Gasteiger partial charge in [0.25, 0.3) is 0 Å². The number of fused-ring (bicyclic) bond motifs is 1. The summed E-state index contributed by atoms with van der Waals surface area (Å²) in [6.07, 6.45) is 3.35. The van der Waals surface area contributed by atoms with E-state index < -0.39 is 0 Å². The monoisotopic (exact) mass is 163 g/mol. The molecule has 0 spiro atoms. The van der Waals surface area contributed by atoms with E-state index in [1.54, 1.807) is 6.07 Å². The van der Waals surface area contributed by atoms with Crippen LogP contribution >= 0.6 is 0 Å². The predicted molar refractivity (Wildman–Crippen MR) is 48.3 cm³/mol. The van der Waals surface area contributed by atoms with Gasteiger partial charge in [0.1, 0.15) is 0 Å². The van der Waals surface area contributed by atoms with E-state index in [1.807, 2.05) is 6.07 Å². The molecule has 0 saturated carbocycles. The standard InChI is InChI=1S/C10H13NO/c1-7-2-4-9-8(6-7)3-5-10(12)11-9/h3,5,7H,2,4,6H2,1H3,(H,11,12)/t7-/m0/s1. The number of hydrogen-bond acceptors (Lipinski definition) is 1. The van der Waals surface area contributed by atoms with Crippen LogP contribution in [-0.2, 0) is 12.8 Å². The van der Waals surface area contributed by atoms with Gasteiger partial charge in [0.05, 0.1) is 0 Å². The summed E-state index contributed by atoms with van der Waals surface area (Å²) in [5, 5.41) is 0. The number of pyridine rings is 1. The summed E-state index contributed by atoms with van der Waals surface area (Å²) in [5.74, 6) is 0.767. The lowest BCUT2D eigenvalue weighted by Crippen LogP contribution is -2.17. The fraction of sp³-hybridized carbons (Fsp3) is 0.500. The van der Waals surface area contributed by atoms with Gasteiger partial charge in [-0.1, -0.05) is 13.0 Å². The fourth-order valence-electron chi connectivity index (χ4n) is 1.83. The van der Waals surface area contributed by atoms with Gasteiger partial charge in [0.15, 0.2) is 0 Å². The first-order chi connectivity index (χ1) is 5.75. The summed E-state index contributed by atoms with van der Waals surface area (Å²) < 4.78 is 0. The maximum Gasteiger partial charge on any atom is 0.248 e. The van der Waals surface area contributed by atoms with Crippen LogP contribution in [0.3, 0.4) is 0 Å². The molecule has 0 aromatic carbocycles. The summed E-state index contributed by atoms with van der Waals surface area (Å²) in [5.41, 5.74) is 2.51. The molecule has 12 heavy (non-hydrogen) atoms. The van der Waals surface area contributed by atoms with E-state index in [1.165, 1.54) is 12.0 Å². The van der Waals surface area contributed by atoms with Crippen molar-refractivity contribution in [3.05, 3.63) is 33.7 Å². The third kappa shape index (κ3) is 1.29. The van der Waals surface area contributed by atoms with Crippen molar-refractivity contribution in [1.29, 1.82) is 0 Å². The molecule has 0 fully saturated rings. The molecule has 1 aromatic heterocycles. The molecule has 2 heteroatoms. The van der Waals surface area contributed by atoms with Crippen LogP contribution in [0.2, 0.25) is 0 Å². The normalized spacial score (nSPS) is 21.9. The first-order valence-electron chi connectivity index (χ1n) is 4.47. The Morgan fingerprint density at radius 2 is 2.33 bits per heavy atom. The lowest BCUT2D eigenvalue weighted by Gasteiger charge is -2.20. The van der Waals surface area contributed by atoms with Crippen molar-refractivity contribution >= 4 is 0 Å². The molecule has 2 nitrogen and oxygen atoms in total. The summed E-state index contributed by atoms with van der Waals surface area (Å²) in [7, 11) is 0. The van der Waals surface area contributed by atoms with Gasteiger partial charge in [-0.3, -0.25) is 4.79 Å². The van der Waals surface area contributed by atoms with Crippen molar-refractivity contribution in [2.24, 2.45) is 5.92 Å². The Hall–Kier alpha value is -1.05. The Bertz CT molecular complexity index is 340. The molecule has 0 saturated heterocycles. The number of aromatic amines is 1. The van der Waals surface area contributed by atoms with Gasteiger partial charge in [-0.15, -0.1) is 0 Å². The van der Waals surface area contributed by atoms with Gasteiger partial charge in [0.2, 0.25) is 5.56 Å². The molecule has 1 aliphatic rings. The van der Waals surface area contributed by atoms with Crippen LogP contribution in [0.15, 0.2) is 16.9 Å². The highest BCUT2D eigenvalue weighted by Gasteiger charge is 2.14. The topological polar surface area (TPSA) is 32.9 Å². The quantitative estimate of drug-likeness (QED) is 0.617. The molecular weight excluding hydrogens is 150 g/mol. The molecule has 1 atom stereocenters. The average Bonchev–Trinajstić information content (AvgIpc) is 2.05. The highest BCUT2D eigenvalue weighted by atomic mass is 16.1. The van der Waals surface area contributed by atoms with Crippen molar-refractivity contribution in [2.75, 3.05) is 0 Å². The second kappa shape index (κ2) is 2.77. The molecule has 0 bridgehead atoms. The van der Waals surface area contributed by atoms with E-state index in [0.717, 1.165) is 24.5 Å². The Kier molecular flexibility index (Phi) is 1.75. The zero-order valence-corrected chi connectivity index (χ0v) is 7.26. The van der Waals surface area contributed by atoms with Crippen LogP contribution in [0.1, 0.15) is 24.6 Å². The Labute approximate surface area is 71.6 Å². The zero-order chi connectivity index (χ0) is 8.55. The lowest BCUT2D eigenvalue weighted by atomic mass is 9.88. The Balaban J connectivity index is 2.43. The highest BCUT2D eigenvalue weighted by molar-refractivity contribution is 5.22. The molecule has 0 aliphatic heterocycles. The minimum absolute atomic E-state index is 0.0308. The number of rotatable bonds is 0. The van der Waals surface area contributed by atoms with Crippen LogP contribution in [0, 0.1) is 5.92 Å². The molecule has 0 radical (unpaired) electrons. The van der Waals surface area contributed by atoms with E-state index in [0.29, 0.717) is 0 Å². The van der Waals surface area contributed by atoms with Gasteiger partial charge >= 0.3 is 0 Å². The number of hydrogen-bond donors (Lipinski definition) is 1. The van der Waals surface area contributed by atoms with E-state index in [2.05, 4.69) is 11.9 Å². The maximum absolute atomic E-state index is 11.0. The molecule has 0 amide bonds. The van der Waals surface area contributed by atoms with Crippen molar-refractivity contribution in [3.8, 4) is 0 Å². The van der Waals surface area contributed by atoms with Gasteiger partial charge in [-0.05, 0) is 30.7 Å². The third-order valence-electron chi connectivity index (χ3n) is 2.55. The maximum atomic E-state index is 11.0. The van der Waals surface area contributed by atoms with Crippen LogP contribution < -0.4 is 5.56 Å². The minimum Gasteiger partial charge on any atom is -0.326 e. The van der Waals surface area contributed by atoms with Gasteiger partial charge < -0.3 is 4.98 Å². The number of nitrogens with one attached hydrogen (secondary N) is 1. The predicted octanol–water partition coefficient (Wildman–Crippen LogP) is 1.50. The van der Waals surface area contributed by atoms with Crippen LogP contribution in [0.25, 0.3) is 0 Å². The SMILES string of the molecule is C[C@H]1CCc2[nH]c(=O)ccc2C1. The van der Waals surface area contributed by atoms with Gasteiger partial charge in [0, 0.05) is 11.8 Å². The zero-order valence-electron chi connectivity index (χ0n) is 7.26. The molecule has 2 rings (SSSR count). The second-order valence-electron chi connectivity index (χ2n) is 3.67. The van der Waals surface area contributed by atoms with E-state index in [4.69, 9.17) is 0 Å². The van der Waals surface area contributed by atoms with Crippen molar-refractivity contribution in [3.63, 3.8) is 0 Å². The molecule has 0 unspecified atom stereocenters. The number of aromatic nitrogens is 1. The summed E-state index contributed by atoms with van der Waals surface area (Å²) in [4.78, 5) is 13.9. The van der Waals surface area contributed by atoms with Crippen LogP contribution in [0.4, 0.5) is 0 Å². The lowest BCUT2D eigenvalue weighted by molar-refractivity contribution is 0.493. The van der Waals surface area contributed by atoms with Gasteiger partial charge in [-0.2, -0.15) is 0 Å². The molecular formula is C10H13NO. The number of H-pyrrole nitrogens is 1. The third-order valence-corrected chi connectivity index (χ3v) is 2.55. The average molecular weight is 163 g/mol. The molecule has 1 aromatic rings. The fourth-order valence-corrected chi connectivity index (χ4v) is 1.83. The second-order valence-corrected chi connectivity index (χ2v) is 3.67.